The fourth-order valence-electron chi connectivity index (χ4n) is 0.202. The van der Waals surface area contributed by atoms with Crippen molar-refractivity contribution in [3.05, 3.63) is 0 Å². The molecule has 0 amide bonds. The molecule has 0 aromatic heterocycles. The van der Waals surface area contributed by atoms with Crippen LogP contribution in [0.2, 0.25) is 0 Å². The van der Waals surface area contributed by atoms with Gasteiger partial charge in [0.05, 0.1) is 11.3 Å². The lowest BCUT2D eigenvalue weighted by atomic mass is 10.8. The molecule has 0 radical (unpaired) electrons. The second-order valence-electron chi connectivity index (χ2n) is 1.12. The standard InChI is InChI=1S/C4H6INO2S/c1-6-3-9-2-4(7)8-5/h3H,2H2,1H3. The van der Waals surface area contributed by atoms with Crippen LogP contribution in [0.1, 0.15) is 0 Å². The average Bonchev–Trinajstić information content (AvgIpc) is 1.89. The number of hydrogen-bond donors (Lipinski definition) is 0. The van der Waals surface area contributed by atoms with Gasteiger partial charge in [-0.05, 0) is 0 Å². The SMILES string of the molecule is CN=CSCC(=O)OI. The molecule has 0 fully saturated rings. The number of carbonyl (C=O) groups excluding carboxylic acids is 1. The summed E-state index contributed by atoms with van der Waals surface area (Å²) in [4.78, 5) is 14.0. The van der Waals surface area contributed by atoms with Crippen LogP contribution < -0.4 is 0 Å². The molecule has 0 bridgehead atoms. The number of halogens is 1. The van der Waals surface area contributed by atoms with Crippen molar-refractivity contribution >= 4 is 46.3 Å². The van der Waals surface area contributed by atoms with Gasteiger partial charge in [0.25, 0.3) is 0 Å². The molecule has 0 aromatic rings. The first-order chi connectivity index (χ1) is 4.31. The van der Waals surface area contributed by atoms with Gasteiger partial charge in [-0.15, -0.1) is 11.8 Å². The summed E-state index contributed by atoms with van der Waals surface area (Å²) in [7, 11) is 1.66. The van der Waals surface area contributed by atoms with Gasteiger partial charge >= 0.3 is 5.97 Å². The minimum Gasteiger partial charge on any atom is -0.394 e. The van der Waals surface area contributed by atoms with Gasteiger partial charge in [0.1, 0.15) is 0 Å². The minimum atomic E-state index is -0.236. The Kier molecular flexibility index (Phi) is 6.50. The van der Waals surface area contributed by atoms with E-state index < -0.39 is 0 Å². The van der Waals surface area contributed by atoms with Crippen molar-refractivity contribution in [2.24, 2.45) is 4.99 Å². The molecule has 9 heavy (non-hydrogen) atoms. The van der Waals surface area contributed by atoms with E-state index in [0.29, 0.717) is 5.75 Å². The number of carbonyl (C=O) groups is 1. The van der Waals surface area contributed by atoms with Gasteiger partial charge in [-0.25, -0.2) is 0 Å². The first-order valence-electron chi connectivity index (χ1n) is 2.15. The van der Waals surface area contributed by atoms with Crippen LogP contribution in [0.15, 0.2) is 4.99 Å². The van der Waals surface area contributed by atoms with Crippen molar-refractivity contribution in [3.8, 4) is 0 Å². The van der Waals surface area contributed by atoms with Gasteiger partial charge in [0, 0.05) is 7.05 Å². The topological polar surface area (TPSA) is 38.7 Å². The number of hydrogen-bond acceptors (Lipinski definition) is 4. The number of rotatable bonds is 3. The van der Waals surface area contributed by atoms with Gasteiger partial charge in [-0.1, -0.05) is 0 Å². The molecule has 52 valence electrons. The predicted octanol–water partition coefficient (Wildman–Crippen LogP) is 1.27. The quantitative estimate of drug-likeness (QED) is 0.435. The van der Waals surface area contributed by atoms with Crippen LogP contribution in [0.4, 0.5) is 0 Å². The maximum atomic E-state index is 10.4. The Morgan fingerprint density at radius 1 is 2.00 bits per heavy atom. The van der Waals surface area contributed by atoms with E-state index in [1.165, 1.54) is 11.8 Å². The maximum absolute atomic E-state index is 10.4. The molecule has 0 aliphatic carbocycles. The summed E-state index contributed by atoms with van der Waals surface area (Å²) in [6.45, 7) is 0. The van der Waals surface area contributed by atoms with E-state index in [-0.39, 0.29) is 5.97 Å². The molecule has 5 heteroatoms. The van der Waals surface area contributed by atoms with E-state index in [4.69, 9.17) is 0 Å². The Balaban J connectivity index is 3.17. The Hall–Kier alpha value is 0.220. The van der Waals surface area contributed by atoms with Crippen LogP contribution in [0, 0.1) is 0 Å². The van der Waals surface area contributed by atoms with E-state index in [1.807, 2.05) is 0 Å². The summed E-state index contributed by atoms with van der Waals surface area (Å²) >= 11 is 2.87. The first-order valence-corrected chi connectivity index (χ1v) is 4.08. The van der Waals surface area contributed by atoms with Crippen LogP contribution in [0.3, 0.4) is 0 Å². The molecule has 0 atom stereocenters. The number of thioether (sulfide) groups is 1. The van der Waals surface area contributed by atoms with E-state index in [1.54, 1.807) is 35.6 Å². The number of aliphatic imine (C=N–C) groups is 1. The lowest BCUT2D eigenvalue weighted by Crippen LogP contribution is -1.98. The molecule has 0 heterocycles. The Morgan fingerprint density at radius 3 is 3.11 bits per heavy atom. The predicted molar refractivity (Wildman–Crippen MR) is 47.0 cm³/mol. The molecule has 0 saturated heterocycles. The zero-order valence-electron chi connectivity index (χ0n) is 4.83. The second kappa shape index (κ2) is 6.34. The zero-order chi connectivity index (χ0) is 7.11. The molecular formula is C4H6INO2S. The van der Waals surface area contributed by atoms with Gasteiger partial charge in [-0.3, -0.25) is 9.79 Å². The third kappa shape index (κ3) is 6.10. The second-order valence-corrected chi connectivity index (χ2v) is 2.40. The Bertz CT molecular complexity index is 117. The van der Waals surface area contributed by atoms with E-state index in [0.717, 1.165) is 0 Å². The van der Waals surface area contributed by atoms with Crippen molar-refractivity contribution in [1.82, 2.24) is 0 Å². The molecule has 0 aliphatic rings. The van der Waals surface area contributed by atoms with Crippen LogP contribution in [0.25, 0.3) is 0 Å². The largest absolute Gasteiger partial charge is 0.394 e. The molecule has 0 spiro atoms. The highest BCUT2D eigenvalue weighted by Gasteiger charge is 1.97. The highest BCUT2D eigenvalue weighted by molar-refractivity contribution is 14.1. The average molecular weight is 259 g/mol. The van der Waals surface area contributed by atoms with Crippen LogP contribution in [-0.2, 0) is 7.86 Å². The molecule has 0 N–H and O–H groups in total. The molecule has 0 saturated carbocycles. The molecule has 0 unspecified atom stereocenters. The lowest BCUT2D eigenvalue weighted by molar-refractivity contribution is -0.128. The third-order valence-corrected chi connectivity index (χ3v) is 1.72. The van der Waals surface area contributed by atoms with Crippen LogP contribution >= 0.6 is 34.8 Å². The summed E-state index contributed by atoms with van der Waals surface area (Å²) in [5.74, 6) is 0.0980. The zero-order valence-corrected chi connectivity index (χ0v) is 7.81. The monoisotopic (exact) mass is 259 g/mol. The fraction of sp³-hybridized carbons (Fsp3) is 0.500. The lowest BCUT2D eigenvalue weighted by Gasteiger charge is -1.89. The van der Waals surface area contributed by atoms with Crippen molar-refractivity contribution in [3.63, 3.8) is 0 Å². The van der Waals surface area contributed by atoms with Gasteiger partial charge in [0.2, 0.25) is 0 Å². The van der Waals surface area contributed by atoms with Crippen LogP contribution in [0.5, 0.6) is 0 Å². The summed E-state index contributed by atoms with van der Waals surface area (Å²) < 4.78 is 4.35. The van der Waals surface area contributed by atoms with Crippen molar-refractivity contribution in [2.75, 3.05) is 12.8 Å². The minimum absolute atomic E-state index is 0.236. The molecule has 0 aromatic carbocycles. The van der Waals surface area contributed by atoms with E-state index >= 15 is 0 Å². The smallest absolute Gasteiger partial charge is 0.325 e. The fourth-order valence-corrected chi connectivity index (χ4v) is 0.988. The van der Waals surface area contributed by atoms with Crippen molar-refractivity contribution in [1.29, 1.82) is 0 Å². The summed E-state index contributed by atoms with van der Waals surface area (Å²) in [5, 5.41) is 0. The summed E-state index contributed by atoms with van der Waals surface area (Å²) in [6.07, 6.45) is 0. The van der Waals surface area contributed by atoms with Crippen molar-refractivity contribution < 1.29 is 7.86 Å². The van der Waals surface area contributed by atoms with Crippen LogP contribution in [-0.4, -0.2) is 24.3 Å². The highest BCUT2D eigenvalue weighted by Crippen LogP contribution is 1.97. The summed E-state index contributed by atoms with van der Waals surface area (Å²) in [6, 6.07) is 0. The normalized spacial score (nSPS) is 10.0. The molecule has 0 aliphatic heterocycles. The summed E-state index contributed by atoms with van der Waals surface area (Å²) in [5.41, 5.74) is 1.60. The first kappa shape index (κ1) is 9.22. The van der Waals surface area contributed by atoms with Gasteiger partial charge < -0.3 is 3.07 Å². The van der Waals surface area contributed by atoms with Crippen molar-refractivity contribution in [2.45, 2.75) is 0 Å². The highest BCUT2D eigenvalue weighted by atomic mass is 127. The van der Waals surface area contributed by atoms with E-state index in [2.05, 4.69) is 8.06 Å². The molecule has 3 nitrogen and oxygen atoms in total. The third-order valence-electron chi connectivity index (χ3n) is 0.467. The van der Waals surface area contributed by atoms with E-state index in [9.17, 15) is 4.79 Å². The van der Waals surface area contributed by atoms with Gasteiger partial charge in [-0.2, -0.15) is 0 Å². The Labute approximate surface area is 71.9 Å². The number of nitrogens with zero attached hydrogens (tertiary/aromatic N) is 1. The van der Waals surface area contributed by atoms with Gasteiger partial charge in [0.15, 0.2) is 23.0 Å². The molecule has 0 rings (SSSR count). The Morgan fingerprint density at radius 2 is 2.67 bits per heavy atom. The maximum Gasteiger partial charge on any atom is 0.325 e. The molecular weight excluding hydrogens is 253 g/mol.